The summed E-state index contributed by atoms with van der Waals surface area (Å²) in [5.74, 6) is -0.910. The molecular weight excluding hydrogens is 222 g/mol. The zero-order chi connectivity index (χ0) is 9.56. The first-order chi connectivity index (χ1) is 5.52. The molecule has 0 spiro atoms. The van der Waals surface area contributed by atoms with E-state index in [1.54, 1.807) is 6.92 Å². The van der Waals surface area contributed by atoms with Crippen molar-refractivity contribution in [2.75, 3.05) is 13.1 Å². The van der Waals surface area contributed by atoms with E-state index in [4.69, 9.17) is 5.11 Å². The van der Waals surface area contributed by atoms with Crippen molar-refractivity contribution in [1.82, 2.24) is 5.32 Å². The van der Waals surface area contributed by atoms with Crippen LogP contribution in [0.5, 0.6) is 0 Å². The van der Waals surface area contributed by atoms with Crippen molar-refractivity contribution in [3.05, 3.63) is 22.7 Å². The molecule has 4 heteroatoms. The quantitative estimate of drug-likeness (QED) is 0.709. The number of carbonyl (C=O) groups is 1. The lowest BCUT2D eigenvalue weighted by molar-refractivity contribution is -0.131. The first-order valence-electron chi connectivity index (χ1n) is 3.46. The van der Waals surface area contributed by atoms with Crippen LogP contribution in [0.15, 0.2) is 22.7 Å². The molecule has 0 rings (SSSR count). The Morgan fingerprint density at radius 1 is 1.67 bits per heavy atom. The Balaban J connectivity index is 3.64. The number of carboxylic acids is 1. The first kappa shape index (κ1) is 11.4. The van der Waals surface area contributed by atoms with Crippen molar-refractivity contribution in [2.24, 2.45) is 0 Å². The third kappa shape index (κ3) is 7.50. The van der Waals surface area contributed by atoms with Crippen LogP contribution in [0.25, 0.3) is 0 Å². The predicted molar refractivity (Wildman–Crippen MR) is 52.3 cm³/mol. The maximum atomic E-state index is 10.2. The second kappa shape index (κ2) is 5.97. The smallest absolute Gasteiger partial charge is 0.328 e. The molecule has 0 radical (unpaired) electrons. The molecule has 0 aliphatic heterocycles. The molecule has 0 aliphatic rings. The lowest BCUT2D eigenvalue weighted by Gasteiger charge is -2.01. The van der Waals surface area contributed by atoms with Crippen molar-refractivity contribution in [2.45, 2.75) is 6.92 Å². The van der Waals surface area contributed by atoms with Gasteiger partial charge in [-0.05, 0) is 6.92 Å². The maximum absolute atomic E-state index is 10.2. The average Bonchev–Trinajstić information content (AvgIpc) is 1.84. The highest BCUT2D eigenvalue weighted by Crippen LogP contribution is 1.97. The van der Waals surface area contributed by atoms with E-state index >= 15 is 0 Å². The highest BCUT2D eigenvalue weighted by molar-refractivity contribution is 9.11. The Bertz CT molecular complexity index is 211. The summed E-state index contributed by atoms with van der Waals surface area (Å²) in [4.78, 5) is 10.2. The molecular formula is C8H12BrNO2. The van der Waals surface area contributed by atoms with E-state index in [1.165, 1.54) is 6.08 Å². The topological polar surface area (TPSA) is 49.3 Å². The largest absolute Gasteiger partial charge is 0.478 e. The summed E-state index contributed by atoms with van der Waals surface area (Å²) in [5.41, 5.74) is 0.788. The summed E-state index contributed by atoms with van der Waals surface area (Å²) in [6.07, 6.45) is 1.18. The molecule has 0 saturated heterocycles. The molecule has 2 N–H and O–H groups in total. The molecule has 0 saturated carbocycles. The van der Waals surface area contributed by atoms with Gasteiger partial charge in [-0.25, -0.2) is 4.79 Å². The van der Waals surface area contributed by atoms with Crippen molar-refractivity contribution in [3.63, 3.8) is 0 Å². The number of nitrogens with one attached hydrogen (secondary N) is 1. The van der Waals surface area contributed by atoms with Gasteiger partial charge in [0.1, 0.15) is 0 Å². The van der Waals surface area contributed by atoms with Crippen molar-refractivity contribution < 1.29 is 9.90 Å². The molecule has 0 atom stereocenters. The van der Waals surface area contributed by atoms with Gasteiger partial charge < -0.3 is 10.4 Å². The molecule has 12 heavy (non-hydrogen) atoms. The molecule has 0 aromatic rings. The highest BCUT2D eigenvalue weighted by atomic mass is 79.9. The number of hydrogen-bond donors (Lipinski definition) is 2. The van der Waals surface area contributed by atoms with Gasteiger partial charge in [-0.1, -0.05) is 28.1 Å². The molecule has 0 bridgehead atoms. The number of aliphatic carboxylic acids is 1. The molecule has 3 nitrogen and oxygen atoms in total. The fourth-order valence-electron chi connectivity index (χ4n) is 0.657. The minimum absolute atomic E-state index is 0.566. The van der Waals surface area contributed by atoms with E-state index in [0.717, 1.165) is 10.1 Å². The fraction of sp³-hybridized carbons (Fsp3) is 0.375. The summed E-state index contributed by atoms with van der Waals surface area (Å²) in [7, 11) is 0. The molecule has 0 aromatic heterocycles. The minimum atomic E-state index is -0.910. The van der Waals surface area contributed by atoms with Gasteiger partial charge in [0, 0.05) is 23.6 Å². The molecule has 0 amide bonds. The summed E-state index contributed by atoms with van der Waals surface area (Å²) >= 11 is 3.18. The predicted octanol–water partition coefficient (Wildman–Crippen LogP) is 1.52. The zero-order valence-electron chi connectivity index (χ0n) is 6.93. The third-order valence-electron chi connectivity index (χ3n) is 1.09. The van der Waals surface area contributed by atoms with Crippen LogP contribution in [0.3, 0.4) is 0 Å². The van der Waals surface area contributed by atoms with Crippen molar-refractivity contribution in [3.8, 4) is 0 Å². The summed E-state index contributed by atoms with van der Waals surface area (Å²) in [6, 6.07) is 0. The van der Waals surface area contributed by atoms with E-state index in [0.29, 0.717) is 13.1 Å². The molecule has 0 fully saturated rings. The van der Waals surface area contributed by atoms with Crippen LogP contribution in [0, 0.1) is 0 Å². The van der Waals surface area contributed by atoms with E-state index in [9.17, 15) is 4.79 Å². The number of rotatable bonds is 5. The van der Waals surface area contributed by atoms with Crippen LogP contribution in [0.1, 0.15) is 6.92 Å². The van der Waals surface area contributed by atoms with Crippen molar-refractivity contribution >= 4 is 21.9 Å². The lowest BCUT2D eigenvalue weighted by Crippen LogP contribution is -2.17. The van der Waals surface area contributed by atoms with Crippen LogP contribution in [0.2, 0.25) is 0 Å². The van der Waals surface area contributed by atoms with Gasteiger partial charge in [-0.15, -0.1) is 0 Å². The second-order valence-corrected chi connectivity index (χ2v) is 3.57. The Labute approximate surface area is 80.3 Å². The van der Waals surface area contributed by atoms with Gasteiger partial charge in [0.2, 0.25) is 0 Å². The maximum Gasteiger partial charge on any atom is 0.328 e. The standard InChI is InChI=1S/C8H12BrNO2/c1-6(3-8(11)12)4-10-5-7(2)9/h3,10H,2,4-5H2,1H3,(H,11,12). The van der Waals surface area contributed by atoms with Gasteiger partial charge in [0.15, 0.2) is 0 Å². The lowest BCUT2D eigenvalue weighted by atomic mass is 10.3. The monoisotopic (exact) mass is 233 g/mol. The summed E-state index contributed by atoms with van der Waals surface area (Å²) in [6.45, 7) is 6.60. The Kier molecular flexibility index (Phi) is 5.66. The number of halogens is 1. The molecule has 0 unspecified atom stereocenters. The summed E-state index contributed by atoms with van der Waals surface area (Å²) < 4.78 is 0.852. The normalized spacial score (nSPS) is 11.3. The van der Waals surface area contributed by atoms with Gasteiger partial charge in [-0.2, -0.15) is 0 Å². The number of carboxylic acid groups (broad SMARTS) is 1. The van der Waals surface area contributed by atoms with Crippen LogP contribution < -0.4 is 5.32 Å². The Morgan fingerprint density at radius 2 is 2.25 bits per heavy atom. The average molecular weight is 234 g/mol. The van der Waals surface area contributed by atoms with E-state index < -0.39 is 5.97 Å². The van der Waals surface area contributed by atoms with Gasteiger partial charge in [0.05, 0.1) is 0 Å². The minimum Gasteiger partial charge on any atom is -0.478 e. The SMILES string of the molecule is C=C(Br)CNCC(C)=CC(=O)O. The third-order valence-corrected chi connectivity index (χ3v) is 1.37. The van der Waals surface area contributed by atoms with Crippen LogP contribution in [0.4, 0.5) is 0 Å². The van der Waals surface area contributed by atoms with E-state index in [1.807, 2.05) is 0 Å². The van der Waals surface area contributed by atoms with E-state index in [-0.39, 0.29) is 0 Å². The van der Waals surface area contributed by atoms with Gasteiger partial charge >= 0.3 is 5.97 Å². The van der Waals surface area contributed by atoms with Gasteiger partial charge in [-0.3, -0.25) is 0 Å². The Hall–Kier alpha value is -0.610. The van der Waals surface area contributed by atoms with Crippen LogP contribution in [-0.2, 0) is 4.79 Å². The Morgan fingerprint density at radius 3 is 2.67 bits per heavy atom. The molecule has 68 valence electrons. The van der Waals surface area contributed by atoms with Crippen LogP contribution >= 0.6 is 15.9 Å². The van der Waals surface area contributed by atoms with Gasteiger partial charge in [0.25, 0.3) is 0 Å². The van der Waals surface area contributed by atoms with Crippen LogP contribution in [-0.4, -0.2) is 24.2 Å². The number of hydrogen-bond acceptors (Lipinski definition) is 2. The van der Waals surface area contributed by atoms with Crippen molar-refractivity contribution in [1.29, 1.82) is 0 Å². The zero-order valence-corrected chi connectivity index (χ0v) is 8.52. The first-order valence-corrected chi connectivity index (χ1v) is 4.25. The second-order valence-electron chi connectivity index (χ2n) is 2.45. The molecule has 0 aliphatic carbocycles. The fourth-order valence-corrected chi connectivity index (χ4v) is 0.855. The summed E-state index contributed by atoms with van der Waals surface area (Å²) in [5, 5.41) is 11.4. The molecule has 0 aromatic carbocycles. The highest BCUT2D eigenvalue weighted by Gasteiger charge is 1.93. The molecule has 0 heterocycles. The van der Waals surface area contributed by atoms with E-state index in [2.05, 4.69) is 27.8 Å².